The molecule has 0 spiro atoms. The van der Waals surface area contributed by atoms with Crippen LogP contribution in [0, 0.1) is 0 Å². The number of ether oxygens (including phenoxy) is 1. The second kappa shape index (κ2) is 12.0. The molecule has 1 aliphatic carbocycles. The lowest BCUT2D eigenvalue weighted by Crippen LogP contribution is -2.39. The number of amides is 1. The van der Waals surface area contributed by atoms with Crippen LogP contribution in [0.15, 0.2) is 67.5 Å². The number of para-hydroxylation sites is 1. The van der Waals surface area contributed by atoms with Gasteiger partial charge in [0, 0.05) is 60.6 Å². The maximum atomic E-state index is 12.3. The van der Waals surface area contributed by atoms with Gasteiger partial charge in [0.05, 0.1) is 29.9 Å². The maximum Gasteiger partial charge on any atom is 0.247 e. The fraction of sp³-hybridized carbons (Fsp3) is 0.344. The smallest absolute Gasteiger partial charge is 0.247 e. The van der Waals surface area contributed by atoms with Gasteiger partial charge in [-0.15, -0.1) is 0 Å². The highest BCUT2D eigenvalue weighted by Crippen LogP contribution is 2.46. The third-order valence-electron chi connectivity index (χ3n) is 8.21. The first kappa shape index (κ1) is 28.2. The van der Waals surface area contributed by atoms with E-state index in [0.717, 1.165) is 36.5 Å². The van der Waals surface area contributed by atoms with E-state index in [1.807, 2.05) is 32.3 Å². The average Bonchev–Trinajstić information content (AvgIpc) is 3.36. The van der Waals surface area contributed by atoms with Crippen LogP contribution >= 0.6 is 0 Å². The zero-order valence-electron chi connectivity index (χ0n) is 24.3. The number of hydrogen-bond acceptors (Lipinski definition) is 7. The second-order valence-corrected chi connectivity index (χ2v) is 10.5. The second-order valence-electron chi connectivity index (χ2n) is 10.5. The topological polar surface area (TPSA) is 96.3 Å². The quantitative estimate of drug-likeness (QED) is 0.187. The molecule has 1 saturated carbocycles. The third kappa shape index (κ3) is 5.50. The van der Waals surface area contributed by atoms with Crippen LogP contribution in [0.5, 0.6) is 5.75 Å². The average molecular weight is 554 g/mol. The lowest BCUT2D eigenvalue weighted by Gasteiger charge is -2.43. The lowest BCUT2D eigenvalue weighted by atomic mass is 9.74. The van der Waals surface area contributed by atoms with Crippen molar-refractivity contribution in [1.82, 2.24) is 19.9 Å². The highest BCUT2D eigenvalue weighted by molar-refractivity contribution is 6.02. The molecule has 1 amide bonds. The molecular formula is C32H39N7O2. The molecule has 1 fully saturated rings. The molecule has 0 aliphatic heterocycles. The Labute approximate surface area is 241 Å². The molecule has 41 heavy (non-hydrogen) atoms. The Hall–Kier alpha value is -4.37. The fourth-order valence-electron chi connectivity index (χ4n) is 5.65. The molecule has 0 saturated heterocycles. The molecule has 0 radical (unpaired) electrons. The van der Waals surface area contributed by atoms with Crippen molar-refractivity contribution >= 4 is 39.8 Å². The van der Waals surface area contributed by atoms with E-state index in [9.17, 15) is 4.79 Å². The van der Waals surface area contributed by atoms with Crippen molar-refractivity contribution in [3.8, 4) is 17.0 Å². The highest BCUT2D eigenvalue weighted by atomic mass is 16.5. The minimum atomic E-state index is -0.296. The zero-order valence-corrected chi connectivity index (χ0v) is 24.3. The van der Waals surface area contributed by atoms with E-state index in [1.165, 1.54) is 36.2 Å². The standard InChI is InChI=1S/C32H39N7O2/c1-6-30(40)35-25-19-26(29(41-5)20-28(25)38(4)18-17-33-3)37-31-34-16-13-24(36-31)23-21-39(32(7-2)14-10-15-32)27-12-9-8-11-22(23)27/h6,8-9,11-13,16,19-21,33H,1,7,10,14-15,17-18H2,2-5H3,(H,35,40)(H,34,36,37). The number of nitrogens with zero attached hydrogens (tertiary/aromatic N) is 4. The van der Waals surface area contributed by atoms with E-state index in [1.54, 1.807) is 13.3 Å². The van der Waals surface area contributed by atoms with Crippen LogP contribution in [-0.4, -0.2) is 54.7 Å². The molecule has 2 aromatic carbocycles. The van der Waals surface area contributed by atoms with Gasteiger partial charge in [-0.3, -0.25) is 4.79 Å². The van der Waals surface area contributed by atoms with Gasteiger partial charge in [-0.2, -0.15) is 0 Å². The Bertz CT molecular complexity index is 1550. The summed E-state index contributed by atoms with van der Waals surface area (Å²) in [6.45, 7) is 7.40. The summed E-state index contributed by atoms with van der Waals surface area (Å²) in [5, 5.41) is 10.6. The van der Waals surface area contributed by atoms with E-state index in [-0.39, 0.29) is 11.4 Å². The number of aromatic nitrogens is 3. The van der Waals surface area contributed by atoms with Gasteiger partial charge in [-0.05, 0) is 57.0 Å². The predicted octanol–water partition coefficient (Wildman–Crippen LogP) is 5.92. The highest BCUT2D eigenvalue weighted by Gasteiger charge is 2.38. The van der Waals surface area contributed by atoms with Crippen molar-refractivity contribution in [2.24, 2.45) is 0 Å². The van der Waals surface area contributed by atoms with Crippen molar-refractivity contribution in [3.05, 3.63) is 67.5 Å². The van der Waals surface area contributed by atoms with Gasteiger partial charge in [0.2, 0.25) is 11.9 Å². The molecular weight excluding hydrogens is 514 g/mol. The summed E-state index contributed by atoms with van der Waals surface area (Å²) in [4.78, 5) is 23.8. The number of rotatable bonds is 12. The van der Waals surface area contributed by atoms with Crippen molar-refractivity contribution in [2.75, 3.05) is 49.8 Å². The number of methoxy groups -OCH3 is 1. The van der Waals surface area contributed by atoms with Crippen LogP contribution in [0.2, 0.25) is 0 Å². The zero-order chi connectivity index (χ0) is 29.0. The molecule has 2 aromatic heterocycles. The molecule has 5 rings (SSSR count). The van der Waals surface area contributed by atoms with Crippen molar-refractivity contribution in [3.63, 3.8) is 0 Å². The summed E-state index contributed by atoms with van der Waals surface area (Å²) < 4.78 is 8.22. The first-order chi connectivity index (χ1) is 19.9. The predicted molar refractivity (Wildman–Crippen MR) is 167 cm³/mol. The van der Waals surface area contributed by atoms with Crippen LogP contribution in [0.25, 0.3) is 22.2 Å². The first-order valence-electron chi connectivity index (χ1n) is 14.1. The van der Waals surface area contributed by atoms with E-state index < -0.39 is 0 Å². The molecule has 0 bridgehead atoms. The number of fused-ring (bicyclic) bond motifs is 1. The summed E-state index contributed by atoms with van der Waals surface area (Å²) in [7, 11) is 5.50. The fourth-order valence-corrected chi connectivity index (χ4v) is 5.65. The maximum absolute atomic E-state index is 12.3. The molecule has 9 heteroatoms. The van der Waals surface area contributed by atoms with Crippen molar-refractivity contribution < 1.29 is 9.53 Å². The summed E-state index contributed by atoms with van der Waals surface area (Å²) in [6.07, 6.45) is 10.0. The van der Waals surface area contributed by atoms with E-state index in [0.29, 0.717) is 23.1 Å². The number of benzene rings is 2. The first-order valence-corrected chi connectivity index (χ1v) is 14.1. The summed E-state index contributed by atoms with van der Waals surface area (Å²) in [6, 6.07) is 14.2. The van der Waals surface area contributed by atoms with Crippen molar-refractivity contribution in [2.45, 2.75) is 38.1 Å². The number of nitrogens with one attached hydrogen (secondary N) is 3. The minimum Gasteiger partial charge on any atom is -0.494 e. The Morgan fingerprint density at radius 3 is 2.71 bits per heavy atom. The molecule has 4 aromatic rings. The number of carbonyl (C=O) groups excluding carboxylic acids is 1. The molecule has 2 heterocycles. The van der Waals surface area contributed by atoms with Gasteiger partial charge < -0.3 is 30.2 Å². The van der Waals surface area contributed by atoms with E-state index in [2.05, 4.69) is 74.4 Å². The summed E-state index contributed by atoms with van der Waals surface area (Å²) >= 11 is 0. The SMILES string of the molecule is C=CC(=O)Nc1cc(Nc2nccc(-c3cn(C4(CC)CCC4)c4ccccc34)n2)c(OC)cc1N(C)CCNC. The van der Waals surface area contributed by atoms with Gasteiger partial charge in [-0.25, -0.2) is 9.97 Å². The van der Waals surface area contributed by atoms with Crippen LogP contribution in [0.3, 0.4) is 0 Å². The van der Waals surface area contributed by atoms with Gasteiger partial charge in [0.15, 0.2) is 0 Å². The number of anilines is 4. The molecule has 9 nitrogen and oxygen atoms in total. The normalized spacial score (nSPS) is 13.9. The van der Waals surface area contributed by atoms with E-state index >= 15 is 0 Å². The monoisotopic (exact) mass is 553 g/mol. The third-order valence-corrected chi connectivity index (χ3v) is 8.21. The minimum absolute atomic E-state index is 0.174. The van der Waals surface area contributed by atoms with E-state index in [4.69, 9.17) is 9.72 Å². The summed E-state index contributed by atoms with van der Waals surface area (Å²) in [5.41, 5.74) is 5.41. The summed E-state index contributed by atoms with van der Waals surface area (Å²) in [5.74, 6) is 0.743. The molecule has 0 atom stereocenters. The number of likely N-dealkylation sites (N-methyl/N-ethyl adjacent to an activating group) is 2. The Kier molecular flexibility index (Phi) is 8.26. The van der Waals surface area contributed by atoms with Gasteiger partial charge in [0.25, 0.3) is 0 Å². The molecule has 1 aliphatic rings. The Morgan fingerprint density at radius 1 is 1.22 bits per heavy atom. The van der Waals surface area contributed by atoms with Gasteiger partial charge in [-0.1, -0.05) is 31.7 Å². The number of hydrogen-bond donors (Lipinski definition) is 3. The van der Waals surface area contributed by atoms with Crippen LogP contribution in [-0.2, 0) is 10.3 Å². The van der Waals surface area contributed by atoms with Crippen molar-refractivity contribution in [1.29, 1.82) is 0 Å². The lowest BCUT2D eigenvalue weighted by molar-refractivity contribution is -0.111. The van der Waals surface area contributed by atoms with Crippen LogP contribution in [0.1, 0.15) is 32.6 Å². The molecule has 214 valence electrons. The molecule has 3 N–H and O–H groups in total. The van der Waals surface area contributed by atoms with Crippen LogP contribution < -0.4 is 25.6 Å². The van der Waals surface area contributed by atoms with Gasteiger partial charge >= 0.3 is 0 Å². The Balaban J connectivity index is 1.52. The Morgan fingerprint density at radius 2 is 2.02 bits per heavy atom. The largest absolute Gasteiger partial charge is 0.494 e. The van der Waals surface area contributed by atoms with Gasteiger partial charge in [0.1, 0.15) is 5.75 Å². The number of carbonyl (C=O) groups is 1. The van der Waals surface area contributed by atoms with Crippen LogP contribution in [0.4, 0.5) is 23.0 Å². The molecule has 0 unspecified atom stereocenters.